The molecule has 5 atom stereocenters. The van der Waals surface area contributed by atoms with E-state index >= 15 is 0 Å². The maximum Gasteiger partial charge on any atom is 0.339 e. The van der Waals surface area contributed by atoms with Crippen molar-refractivity contribution in [3.8, 4) is 5.75 Å². The number of aromatic hydroxyl groups is 1. The molecule has 2 bridgehead atoms. The second kappa shape index (κ2) is 9.51. The van der Waals surface area contributed by atoms with Gasteiger partial charge in [-0.2, -0.15) is 0 Å². The van der Waals surface area contributed by atoms with Gasteiger partial charge in [-0.05, 0) is 61.1 Å². The molecule has 0 aliphatic carbocycles. The number of carbonyl (C=O) groups is 1. The molecule has 3 aliphatic rings. The molecule has 3 aliphatic heterocycles. The zero-order chi connectivity index (χ0) is 22.7. The number of hydrogen-bond donors (Lipinski definition) is 3. The lowest BCUT2D eigenvalue weighted by molar-refractivity contribution is -0.0444. The van der Waals surface area contributed by atoms with E-state index < -0.39 is 12.1 Å². The molecule has 0 amide bonds. The molecule has 6 rings (SSSR count). The maximum absolute atomic E-state index is 11.0. The molecule has 3 aromatic rings. The van der Waals surface area contributed by atoms with Crippen molar-refractivity contribution in [2.24, 2.45) is 11.8 Å². The zero-order valence-corrected chi connectivity index (χ0v) is 17.8. The van der Waals surface area contributed by atoms with E-state index in [-0.39, 0.29) is 17.4 Å². The predicted octanol–water partition coefficient (Wildman–Crippen LogP) is 4.26. The zero-order valence-electron chi connectivity index (χ0n) is 17.8. The number of piperidine rings is 3. The highest BCUT2D eigenvalue weighted by Crippen LogP contribution is 2.41. The van der Waals surface area contributed by atoms with Crippen molar-refractivity contribution < 1.29 is 20.1 Å². The van der Waals surface area contributed by atoms with Crippen LogP contribution in [-0.4, -0.2) is 50.3 Å². The number of aromatic carboxylic acids is 1. The lowest BCUT2D eigenvalue weighted by Crippen LogP contribution is -2.54. The Kier molecular flexibility index (Phi) is 6.53. The number of para-hydroxylation sites is 2. The second-order valence-electron chi connectivity index (χ2n) is 8.43. The molecule has 3 saturated heterocycles. The Morgan fingerprint density at radius 3 is 2.56 bits per heavy atom. The number of phenols is 1. The Morgan fingerprint density at radius 1 is 1.16 bits per heavy atom. The Hall–Kier alpha value is -3.22. The third-order valence-corrected chi connectivity index (χ3v) is 6.65. The standard InChI is InChI=1S/C19H22N2O.C7H6O3/c1-2-13-12-21-10-8-14(13)11-18(21)19(22)16-7-9-20-17-6-4-3-5-15(16)17;8-6-4-2-1-3-5(6)7(9)10/h2-7,9,13-14,18-19,22H,1,8,10-12H2;1-4,8H,(H,9,10). The summed E-state index contributed by atoms with van der Waals surface area (Å²) in [7, 11) is 0. The monoisotopic (exact) mass is 432 g/mol. The largest absolute Gasteiger partial charge is 0.507 e. The van der Waals surface area contributed by atoms with E-state index in [1.54, 1.807) is 12.1 Å². The van der Waals surface area contributed by atoms with E-state index in [0.717, 1.165) is 36.0 Å². The van der Waals surface area contributed by atoms with Gasteiger partial charge in [-0.15, -0.1) is 6.58 Å². The van der Waals surface area contributed by atoms with Gasteiger partial charge in [0.1, 0.15) is 11.3 Å². The van der Waals surface area contributed by atoms with Crippen molar-refractivity contribution >= 4 is 16.9 Å². The van der Waals surface area contributed by atoms with Crippen LogP contribution in [0.1, 0.15) is 34.9 Å². The summed E-state index contributed by atoms with van der Waals surface area (Å²) in [5.41, 5.74) is 1.90. The molecule has 5 unspecified atom stereocenters. The molecular weight excluding hydrogens is 404 g/mol. The number of hydrogen-bond acceptors (Lipinski definition) is 5. The summed E-state index contributed by atoms with van der Waals surface area (Å²) in [5, 5.41) is 29.4. The van der Waals surface area contributed by atoms with Gasteiger partial charge in [-0.1, -0.05) is 36.4 Å². The van der Waals surface area contributed by atoms with Crippen LogP contribution in [0.3, 0.4) is 0 Å². The first-order valence-corrected chi connectivity index (χ1v) is 10.9. The lowest BCUT2D eigenvalue weighted by atomic mass is 9.73. The van der Waals surface area contributed by atoms with Gasteiger partial charge in [-0.3, -0.25) is 9.88 Å². The first-order chi connectivity index (χ1) is 15.5. The number of fused-ring (bicyclic) bond motifs is 4. The molecule has 0 saturated carbocycles. The number of carboxylic acid groups (broad SMARTS) is 1. The molecule has 3 N–H and O–H groups in total. The Labute approximate surface area is 187 Å². The van der Waals surface area contributed by atoms with Gasteiger partial charge in [0.25, 0.3) is 0 Å². The maximum atomic E-state index is 11.0. The summed E-state index contributed by atoms with van der Waals surface area (Å²) in [6.45, 7) is 6.11. The van der Waals surface area contributed by atoms with Gasteiger partial charge < -0.3 is 15.3 Å². The fourth-order valence-corrected chi connectivity index (χ4v) is 4.94. The van der Waals surface area contributed by atoms with Gasteiger partial charge >= 0.3 is 5.97 Å². The molecule has 4 heterocycles. The van der Waals surface area contributed by atoms with Crippen molar-refractivity contribution in [2.45, 2.75) is 25.0 Å². The van der Waals surface area contributed by atoms with E-state index in [0.29, 0.717) is 11.8 Å². The van der Waals surface area contributed by atoms with E-state index in [9.17, 15) is 9.90 Å². The highest BCUT2D eigenvalue weighted by molar-refractivity contribution is 5.90. The van der Waals surface area contributed by atoms with Gasteiger partial charge in [-0.25, -0.2) is 4.79 Å². The molecular formula is C26H28N2O4. The van der Waals surface area contributed by atoms with Crippen molar-refractivity contribution in [3.63, 3.8) is 0 Å². The first kappa shape index (κ1) is 22.0. The Balaban J connectivity index is 0.000000207. The topological polar surface area (TPSA) is 93.9 Å². The summed E-state index contributed by atoms with van der Waals surface area (Å²) in [5.74, 6) is -0.0465. The van der Waals surface area contributed by atoms with Crippen LogP contribution < -0.4 is 0 Å². The van der Waals surface area contributed by atoms with Crippen LogP contribution in [0, 0.1) is 11.8 Å². The highest BCUT2D eigenvalue weighted by Gasteiger charge is 2.42. The quantitative estimate of drug-likeness (QED) is 0.534. The number of benzene rings is 2. The average molecular weight is 433 g/mol. The van der Waals surface area contributed by atoms with Crippen molar-refractivity contribution in [1.82, 2.24) is 9.88 Å². The van der Waals surface area contributed by atoms with Crippen LogP contribution in [0.15, 0.2) is 73.4 Å². The minimum atomic E-state index is -1.11. The van der Waals surface area contributed by atoms with Crippen LogP contribution >= 0.6 is 0 Å². The molecule has 0 spiro atoms. The smallest absolute Gasteiger partial charge is 0.339 e. The third-order valence-electron chi connectivity index (χ3n) is 6.65. The number of nitrogens with zero attached hydrogens (tertiary/aromatic N) is 2. The van der Waals surface area contributed by atoms with E-state index in [1.807, 2.05) is 30.5 Å². The Morgan fingerprint density at radius 2 is 1.91 bits per heavy atom. The van der Waals surface area contributed by atoms with Crippen molar-refractivity contribution in [2.75, 3.05) is 13.1 Å². The summed E-state index contributed by atoms with van der Waals surface area (Å²) in [6.07, 6.45) is 5.76. The van der Waals surface area contributed by atoms with Crippen LogP contribution in [0.2, 0.25) is 0 Å². The first-order valence-electron chi connectivity index (χ1n) is 10.9. The molecule has 1 aromatic heterocycles. The van der Waals surface area contributed by atoms with Crippen LogP contribution in [0.5, 0.6) is 5.75 Å². The van der Waals surface area contributed by atoms with Crippen LogP contribution in [0.25, 0.3) is 10.9 Å². The lowest BCUT2D eigenvalue weighted by Gasteiger charge is -2.50. The van der Waals surface area contributed by atoms with Crippen LogP contribution in [0.4, 0.5) is 0 Å². The minimum Gasteiger partial charge on any atom is -0.507 e. The molecule has 2 aromatic carbocycles. The minimum absolute atomic E-state index is 0.0671. The molecule has 166 valence electrons. The van der Waals surface area contributed by atoms with Crippen LogP contribution in [-0.2, 0) is 0 Å². The van der Waals surface area contributed by atoms with Gasteiger partial charge in [0.15, 0.2) is 0 Å². The number of aliphatic hydroxyl groups excluding tert-OH is 1. The summed E-state index contributed by atoms with van der Waals surface area (Å²) in [6, 6.07) is 16.1. The summed E-state index contributed by atoms with van der Waals surface area (Å²) < 4.78 is 0. The number of rotatable bonds is 4. The highest BCUT2D eigenvalue weighted by atomic mass is 16.4. The van der Waals surface area contributed by atoms with Crippen molar-refractivity contribution in [1.29, 1.82) is 0 Å². The average Bonchev–Trinajstić information content (AvgIpc) is 2.84. The molecule has 6 heteroatoms. The molecule has 0 radical (unpaired) electrons. The van der Waals surface area contributed by atoms with E-state index in [1.165, 1.54) is 18.6 Å². The SMILES string of the molecule is C=CC1CN2CCC1CC2C(O)c1ccnc2ccccc12.O=C(O)c1ccccc1O. The number of carboxylic acids is 1. The van der Waals surface area contributed by atoms with E-state index in [4.69, 9.17) is 10.2 Å². The number of aliphatic hydroxyl groups is 1. The Bertz CT molecular complexity index is 1110. The van der Waals surface area contributed by atoms with Gasteiger partial charge in [0.2, 0.25) is 0 Å². The van der Waals surface area contributed by atoms with Crippen molar-refractivity contribution in [3.05, 3.63) is 84.6 Å². The fourth-order valence-electron chi connectivity index (χ4n) is 4.94. The summed E-state index contributed by atoms with van der Waals surface area (Å²) in [4.78, 5) is 17.1. The second-order valence-corrected chi connectivity index (χ2v) is 8.43. The molecule has 3 fully saturated rings. The summed E-state index contributed by atoms with van der Waals surface area (Å²) >= 11 is 0. The fraction of sp³-hybridized carbons (Fsp3) is 0.308. The number of aromatic nitrogens is 1. The normalized spacial score (nSPS) is 24.9. The molecule has 32 heavy (non-hydrogen) atoms. The third kappa shape index (κ3) is 4.38. The van der Waals surface area contributed by atoms with Gasteiger partial charge in [0.05, 0.1) is 11.6 Å². The van der Waals surface area contributed by atoms with Gasteiger partial charge in [0, 0.05) is 24.2 Å². The predicted molar refractivity (Wildman–Crippen MR) is 124 cm³/mol. The van der Waals surface area contributed by atoms with E-state index in [2.05, 4.69) is 28.6 Å². The number of pyridine rings is 1. The molecule has 6 nitrogen and oxygen atoms in total.